The molecule has 1 N–H and O–H groups in total. The number of hydrogen-bond donors (Lipinski definition) is 1. The Morgan fingerprint density at radius 3 is 2.57 bits per heavy atom. The molecule has 2 fully saturated rings. The average Bonchev–Trinajstić information content (AvgIpc) is 3.78. The third-order valence-electron chi connectivity index (χ3n) is 6.96. The number of halogens is 1. The number of benzene rings is 2. The van der Waals surface area contributed by atoms with E-state index in [9.17, 15) is 9.59 Å². The Morgan fingerprint density at radius 2 is 1.81 bits per heavy atom. The summed E-state index contributed by atoms with van der Waals surface area (Å²) < 4.78 is 0. The van der Waals surface area contributed by atoms with Crippen molar-refractivity contribution < 1.29 is 9.59 Å². The molecule has 186 valence electrons. The van der Waals surface area contributed by atoms with Crippen molar-refractivity contribution in [2.45, 2.75) is 12.8 Å². The highest BCUT2D eigenvalue weighted by atomic mass is 35.5. The van der Waals surface area contributed by atoms with E-state index in [1.165, 1.54) is 6.08 Å². The Balaban J connectivity index is 1.39. The molecule has 0 unspecified atom stereocenters. The lowest BCUT2D eigenvalue weighted by Crippen LogP contribution is -2.48. The summed E-state index contributed by atoms with van der Waals surface area (Å²) in [6.45, 7) is 6.07. The fourth-order valence-corrected chi connectivity index (χ4v) is 5.06. The van der Waals surface area contributed by atoms with Gasteiger partial charge in [0.1, 0.15) is 18.0 Å². The van der Waals surface area contributed by atoms with Gasteiger partial charge in [0.2, 0.25) is 11.8 Å². The molecular weight excluding hydrogens is 488 g/mol. The van der Waals surface area contributed by atoms with Crippen molar-refractivity contribution in [3.05, 3.63) is 66.5 Å². The van der Waals surface area contributed by atoms with Gasteiger partial charge in [0.25, 0.3) is 0 Å². The standard InChI is InChI=1S/C28H25ClN6O2/c1-2-25(36)34-9-11-35(12-10-34)27-21-14-22(29)20(15-23(21)30-16-31-27)26-19-6-4-3-5-18(19)13-24(32-26)33-28(37)17-7-8-17/h2-6,13-17H,1,7-12H2,(H,32,33,37). The minimum atomic E-state index is -0.0600. The van der Waals surface area contributed by atoms with Crippen LogP contribution in [-0.4, -0.2) is 57.8 Å². The zero-order valence-electron chi connectivity index (χ0n) is 20.2. The normalized spacial score (nSPS) is 15.7. The van der Waals surface area contributed by atoms with E-state index < -0.39 is 0 Å². The number of piperazine rings is 1. The van der Waals surface area contributed by atoms with Crippen molar-refractivity contribution in [1.82, 2.24) is 19.9 Å². The molecule has 0 atom stereocenters. The van der Waals surface area contributed by atoms with Gasteiger partial charge in [-0.3, -0.25) is 9.59 Å². The summed E-state index contributed by atoms with van der Waals surface area (Å²) in [4.78, 5) is 42.2. The molecule has 37 heavy (non-hydrogen) atoms. The molecule has 2 amide bonds. The van der Waals surface area contributed by atoms with E-state index in [0.717, 1.165) is 45.9 Å². The number of rotatable bonds is 5. The highest BCUT2D eigenvalue weighted by Gasteiger charge is 2.30. The number of aromatic nitrogens is 3. The predicted molar refractivity (Wildman–Crippen MR) is 146 cm³/mol. The lowest BCUT2D eigenvalue weighted by Gasteiger charge is -2.35. The van der Waals surface area contributed by atoms with E-state index >= 15 is 0 Å². The molecule has 2 aromatic carbocycles. The molecule has 0 bridgehead atoms. The molecule has 9 heteroatoms. The largest absolute Gasteiger partial charge is 0.352 e. The Bertz CT molecular complexity index is 1560. The van der Waals surface area contributed by atoms with Gasteiger partial charge in [0, 0.05) is 48.4 Å². The molecule has 1 aliphatic carbocycles. The van der Waals surface area contributed by atoms with Crippen LogP contribution in [0.3, 0.4) is 0 Å². The lowest BCUT2D eigenvalue weighted by atomic mass is 10.0. The molecule has 0 spiro atoms. The molecule has 8 nitrogen and oxygen atoms in total. The van der Waals surface area contributed by atoms with Crippen LogP contribution in [0, 0.1) is 5.92 Å². The van der Waals surface area contributed by atoms with E-state index in [2.05, 4.69) is 26.8 Å². The van der Waals surface area contributed by atoms with Gasteiger partial charge in [0.15, 0.2) is 0 Å². The van der Waals surface area contributed by atoms with Crippen LogP contribution in [-0.2, 0) is 9.59 Å². The minimum absolute atomic E-state index is 0.00519. The first-order chi connectivity index (χ1) is 18.0. The van der Waals surface area contributed by atoms with Crippen molar-refractivity contribution in [3.63, 3.8) is 0 Å². The highest BCUT2D eigenvalue weighted by Crippen LogP contribution is 2.38. The van der Waals surface area contributed by atoms with E-state index in [1.807, 2.05) is 42.5 Å². The molecule has 1 saturated carbocycles. The molecule has 3 heterocycles. The number of nitrogens with one attached hydrogen (secondary N) is 1. The summed E-state index contributed by atoms with van der Waals surface area (Å²) in [6, 6.07) is 13.6. The van der Waals surface area contributed by atoms with Crippen molar-refractivity contribution in [3.8, 4) is 11.3 Å². The smallest absolute Gasteiger partial charge is 0.246 e. The van der Waals surface area contributed by atoms with E-state index in [4.69, 9.17) is 16.6 Å². The first kappa shape index (κ1) is 23.4. The summed E-state index contributed by atoms with van der Waals surface area (Å²) >= 11 is 6.89. The van der Waals surface area contributed by atoms with Crippen LogP contribution < -0.4 is 10.2 Å². The molecular formula is C28H25ClN6O2. The molecule has 0 radical (unpaired) electrons. The van der Waals surface area contributed by atoms with E-state index in [-0.39, 0.29) is 17.7 Å². The predicted octanol–water partition coefficient (Wildman–Crippen LogP) is 4.68. The van der Waals surface area contributed by atoms with Crippen molar-refractivity contribution in [1.29, 1.82) is 0 Å². The molecule has 2 aliphatic rings. The fraction of sp³-hybridized carbons (Fsp3) is 0.250. The van der Waals surface area contributed by atoms with Crippen LogP contribution in [0.1, 0.15) is 12.8 Å². The second-order valence-electron chi connectivity index (χ2n) is 9.40. The number of anilines is 2. The molecule has 6 rings (SSSR count). The number of hydrogen-bond acceptors (Lipinski definition) is 6. The van der Waals surface area contributed by atoms with Gasteiger partial charge >= 0.3 is 0 Å². The van der Waals surface area contributed by atoms with Crippen molar-refractivity contribution in [2.24, 2.45) is 5.92 Å². The number of nitrogens with zero attached hydrogens (tertiary/aromatic N) is 5. The topological polar surface area (TPSA) is 91.3 Å². The summed E-state index contributed by atoms with van der Waals surface area (Å²) in [6.07, 6.45) is 4.74. The number of carbonyl (C=O) groups is 2. The molecule has 1 aliphatic heterocycles. The van der Waals surface area contributed by atoms with Gasteiger partial charge < -0.3 is 15.1 Å². The third kappa shape index (κ3) is 4.49. The molecule has 1 saturated heterocycles. The summed E-state index contributed by atoms with van der Waals surface area (Å²) in [5.41, 5.74) is 2.17. The van der Waals surface area contributed by atoms with E-state index in [1.54, 1.807) is 11.2 Å². The van der Waals surface area contributed by atoms with Crippen molar-refractivity contribution >= 4 is 56.7 Å². The number of pyridine rings is 1. The minimum Gasteiger partial charge on any atom is -0.352 e. The molecule has 4 aromatic rings. The number of amides is 2. The number of carbonyl (C=O) groups excluding carboxylic acids is 2. The first-order valence-corrected chi connectivity index (χ1v) is 12.7. The van der Waals surface area contributed by atoms with Crippen LogP contribution in [0.15, 0.2) is 61.4 Å². The Morgan fingerprint density at radius 1 is 1.03 bits per heavy atom. The third-order valence-corrected chi connectivity index (χ3v) is 7.28. The zero-order chi connectivity index (χ0) is 25.5. The van der Waals surface area contributed by atoms with Gasteiger partial charge in [-0.25, -0.2) is 15.0 Å². The highest BCUT2D eigenvalue weighted by molar-refractivity contribution is 6.34. The van der Waals surface area contributed by atoms with Crippen molar-refractivity contribution in [2.75, 3.05) is 36.4 Å². The lowest BCUT2D eigenvalue weighted by molar-refractivity contribution is -0.126. The second kappa shape index (κ2) is 9.44. The second-order valence-corrected chi connectivity index (χ2v) is 9.81. The van der Waals surface area contributed by atoms with Crippen LogP contribution in [0.25, 0.3) is 32.9 Å². The summed E-state index contributed by atoms with van der Waals surface area (Å²) in [5.74, 6) is 1.32. The van der Waals surface area contributed by atoms with Crippen LogP contribution in [0.5, 0.6) is 0 Å². The maximum Gasteiger partial charge on any atom is 0.246 e. The van der Waals surface area contributed by atoms with Crippen LogP contribution in [0.2, 0.25) is 5.02 Å². The summed E-state index contributed by atoms with van der Waals surface area (Å²) in [7, 11) is 0. The van der Waals surface area contributed by atoms with Gasteiger partial charge in [-0.05, 0) is 42.5 Å². The molecule has 2 aromatic heterocycles. The Kier molecular flexibility index (Phi) is 5.96. The van der Waals surface area contributed by atoms with Gasteiger partial charge in [-0.15, -0.1) is 0 Å². The maximum atomic E-state index is 12.4. The monoisotopic (exact) mass is 512 g/mol. The van der Waals surface area contributed by atoms with Gasteiger partial charge in [0.05, 0.1) is 16.2 Å². The Hall–Kier alpha value is -4.04. The average molecular weight is 513 g/mol. The number of fused-ring (bicyclic) bond motifs is 2. The maximum absolute atomic E-state index is 12.4. The van der Waals surface area contributed by atoms with Crippen LogP contribution >= 0.6 is 11.6 Å². The fourth-order valence-electron chi connectivity index (χ4n) is 4.81. The van der Waals surface area contributed by atoms with Gasteiger partial charge in [-0.1, -0.05) is 42.4 Å². The Labute approximate surface area is 219 Å². The zero-order valence-corrected chi connectivity index (χ0v) is 20.9. The van der Waals surface area contributed by atoms with E-state index in [0.29, 0.717) is 42.7 Å². The van der Waals surface area contributed by atoms with Crippen LogP contribution in [0.4, 0.5) is 11.6 Å². The quantitative estimate of drug-likeness (QED) is 0.390. The van der Waals surface area contributed by atoms with Gasteiger partial charge in [-0.2, -0.15) is 0 Å². The summed E-state index contributed by atoms with van der Waals surface area (Å²) in [5, 5.41) is 6.23. The SMILES string of the molecule is C=CC(=O)N1CCN(c2ncnc3cc(-c4nc(NC(=O)C5CC5)cc5ccccc45)c(Cl)cc23)CC1. The first-order valence-electron chi connectivity index (χ1n) is 12.3.